The third kappa shape index (κ3) is 3.49. The van der Waals surface area contributed by atoms with E-state index in [1.54, 1.807) is 0 Å². The van der Waals surface area contributed by atoms with E-state index < -0.39 is 17.8 Å². The second kappa shape index (κ2) is 5.58. The van der Waals surface area contributed by atoms with Gasteiger partial charge in [0.1, 0.15) is 5.92 Å². The van der Waals surface area contributed by atoms with Crippen molar-refractivity contribution in [3.63, 3.8) is 0 Å². The number of hydrogen-bond acceptors (Lipinski definition) is 2. The summed E-state index contributed by atoms with van der Waals surface area (Å²) in [7, 11) is 0. The predicted octanol–water partition coefficient (Wildman–Crippen LogP) is 3.31. The molecule has 0 bridgehead atoms. The molecule has 1 unspecified atom stereocenters. The Morgan fingerprint density at radius 3 is 2.24 bits per heavy atom. The van der Waals surface area contributed by atoms with Crippen molar-refractivity contribution in [3.05, 3.63) is 27.2 Å². The maximum Gasteiger partial charge on any atom is 0.315 e. The molecule has 0 aliphatic heterocycles. The first-order valence-corrected chi connectivity index (χ1v) is 5.64. The van der Waals surface area contributed by atoms with Crippen molar-refractivity contribution in [2.75, 3.05) is 5.32 Å². The van der Waals surface area contributed by atoms with Crippen LogP contribution in [0.15, 0.2) is 12.1 Å². The van der Waals surface area contributed by atoms with Gasteiger partial charge in [-0.25, -0.2) is 0 Å². The molecule has 0 saturated heterocycles. The van der Waals surface area contributed by atoms with Gasteiger partial charge in [-0.3, -0.25) is 9.59 Å². The summed E-state index contributed by atoms with van der Waals surface area (Å²) in [5.74, 6) is -3.09. The number of carboxylic acid groups (broad SMARTS) is 1. The highest BCUT2D eigenvalue weighted by Gasteiger charge is 2.21. The highest BCUT2D eigenvalue weighted by atomic mass is 35.5. The van der Waals surface area contributed by atoms with Gasteiger partial charge in [0, 0.05) is 0 Å². The third-order valence-corrected chi connectivity index (χ3v) is 3.07. The van der Waals surface area contributed by atoms with Crippen LogP contribution in [0.3, 0.4) is 0 Å². The SMILES string of the molecule is CC(C(=O)O)C(=O)Nc1cc(Cl)c(Cl)cc1Cl. The number of anilines is 1. The van der Waals surface area contributed by atoms with Crippen LogP contribution in [-0.4, -0.2) is 17.0 Å². The third-order valence-electron chi connectivity index (χ3n) is 2.03. The van der Waals surface area contributed by atoms with Crippen molar-refractivity contribution in [2.45, 2.75) is 6.92 Å². The van der Waals surface area contributed by atoms with Crippen LogP contribution in [0.2, 0.25) is 15.1 Å². The van der Waals surface area contributed by atoms with Crippen LogP contribution in [0.25, 0.3) is 0 Å². The maximum atomic E-state index is 11.5. The minimum atomic E-state index is -1.22. The molecule has 1 aromatic carbocycles. The second-order valence-corrected chi connectivity index (χ2v) is 4.52. The summed E-state index contributed by atoms with van der Waals surface area (Å²) in [5, 5.41) is 11.7. The van der Waals surface area contributed by atoms with Gasteiger partial charge in [0.15, 0.2) is 0 Å². The molecule has 0 radical (unpaired) electrons. The Bertz CT molecular complexity index is 476. The van der Waals surface area contributed by atoms with E-state index in [9.17, 15) is 9.59 Å². The lowest BCUT2D eigenvalue weighted by Gasteiger charge is -2.10. The largest absolute Gasteiger partial charge is 0.481 e. The molecule has 1 aromatic rings. The Hall–Kier alpha value is -0.970. The van der Waals surface area contributed by atoms with E-state index in [1.807, 2.05) is 0 Å². The molecule has 0 aliphatic carbocycles. The lowest BCUT2D eigenvalue weighted by atomic mass is 10.1. The standard InChI is InChI=1S/C10H8Cl3NO3/c1-4(10(16)17)9(15)14-8-3-6(12)5(11)2-7(8)13/h2-4H,1H3,(H,14,15)(H,16,17). The van der Waals surface area contributed by atoms with E-state index in [2.05, 4.69) is 5.32 Å². The molecule has 0 aromatic heterocycles. The average Bonchev–Trinajstić information content (AvgIpc) is 2.24. The molecule has 0 heterocycles. The van der Waals surface area contributed by atoms with Gasteiger partial charge >= 0.3 is 5.97 Å². The van der Waals surface area contributed by atoms with Crippen molar-refractivity contribution in [1.82, 2.24) is 0 Å². The summed E-state index contributed by atoms with van der Waals surface area (Å²) in [6.07, 6.45) is 0. The van der Waals surface area contributed by atoms with Gasteiger partial charge in [0.2, 0.25) is 5.91 Å². The van der Waals surface area contributed by atoms with E-state index >= 15 is 0 Å². The van der Waals surface area contributed by atoms with E-state index in [-0.39, 0.29) is 20.8 Å². The Labute approximate surface area is 112 Å². The fourth-order valence-electron chi connectivity index (χ4n) is 0.971. The number of carboxylic acids is 1. The monoisotopic (exact) mass is 295 g/mol. The first kappa shape index (κ1) is 14.1. The normalized spacial score (nSPS) is 12.0. The van der Waals surface area contributed by atoms with Gasteiger partial charge in [0.25, 0.3) is 0 Å². The van der Waals surface area contributed by atoms with Crippen LogP contribution in [0.1, 0.15) is 6.92 Å². The highest BCUT2D eigenvalue weighted by molar-refractivity contribution is 6.44. The number of carbonyl (C=O) groups excluding carboxylic acids is 1. The van der Waals surface area contributed by atoms with Crippen LogP contribution in [0.4, 0.5) is 5.69 Å². The van der Waals surface area contributed by atoms with Gasteiger partial charge in [-0.1, -0.05) is 34.8 Å². The van der Waals surface area contributed by atoms with Crippen LogP contribution >= 0.6 is 34.8 Å². The van der Waals surface area contributed by atoms with E-state index in [1.165, 1.54) is 19.1 Å². The Balaban J connectivity index is 2.93. The smallest absolute Gasteiger partial charge is 0.315 e. The van der Waals surface area contributed by atoms with Crippen LogP contribution in [-0.2, 0) is 9.59 Å². The van der Waals surface area contributed by atoms with Gasteiger partial charge < -0.3 is 10.4 Å². The highest BCUT2D eigenvalue weighted by Crippen LogP contribution is 2.32. The minimum Gasteiger partial charge on any atom is -0.481 e. The molecule has 1 amide bonds. The van der Waals surface area contributed by atoms with Gasteiger partial charge in [0.05, 0.1) is 20.8 Å². The average molecular weight is 297 g/mol. The zero-order chi connectivity index (χ0) is 13.2. The zero-order valence-electron chi connectivity index (χ0n) is 8.63. The van der Waals surface area contributed by atoms with Gasteiger partial charge in [-0.15, -0.1) is 0 Å². The number of halogens is 3. The fraction of sp³-hybridized carbons (Fsp3) is 0.200. The molecule has 7 heteroatoms. The Morgan fingerprint density at radius 2 is 1.71 bits per heavy atom. The van der Waals surface area contributed by atoms with Gasteiger partial charge in [-0.2, -0.15) is 0 Å². The molecule has 0 spiro atoms. The summed E-state index contributed by atoms with van der Waals surface area (Å²) in [4.78, 5) is 22.1. The number of rotatable bonds is 3. The summed E-state index contributed by atoms with van der Waals surface area (Å²) in [6.45, 7) is 1.27. The number of hydrogen-bond donors (Lipinski definition) is 2. The molecule has 0 saturated carbocycles. The Morgan fingerprint density at radius 1 is 1.18 bits per heavy atom. The molecular weight excluding hydrogens is 288 g/mol. The second-order valence-electron chi connectivity index (χ2n) is 3.30. The topological polar surface area (TPSA) is 66.4 Å². The van der Waals surface area contributed by atoms with Crippen molar-refractivity contribution < 1.29 is 14.7 Å². The van der Waals surface area contributed by atoms with Gasteiger partial charge in [-0.05, 0) is 19.1 Å². The van der Waals surface area contributed by atoms with Crippen molar-refractivity contribution >= 4 is 52.4 Å². The van der Waals surface area contributed by atoms with Crippen LogP contribution < -0.4 is 5.32 Å². The van der Waals surface area contributed by atoms with Crippen molar-refractivity contribution in [1.29, 1.82) is 0 Å². The summed E-state index contributed by atoms with van der Waals surface area (Å²) < 4.78 is 0. The number of aliphatic carboxylic acids is 1. The fourth-order valence-corrected chi connectivity index (χ4v) is 1.57. The van der Waals surface area contributed by atoms with E-state index in [4.69, 9.17) is 39.9 Å². The summed E-state index contributed by atoms with van der Waals surface area (Å²) in [5.41, 5.74) is 0.221. The van der Waals surface area contributed by atoms with Crippen LogP contribution in [0, 0.1) is 5.92 Å². The molecule has 4 nitrogen and oxygen atoms in total. The number of amides is 1. The predicted molar refractivity (Wildman–Crippen MR) is 66.9 cm³/mol. The lowest BCUT2D eigenvalue weighted by Crippen LogP contribution is -2.27. The summed E-state index contributed by atoms with van der Waals surface area (Å²) >= 11 is 17.3. The first-order valence-electron chi connectivity index (χ1n) is 4.51. The number of benzene rings is 1. The number of nitrogens with one attached hydrogen (secondary N) is 1. The summed E-state index contributed by atoms with van der Waals surface area (Å²) in [6, 6.07) is 2.73. The maximum absolute atomic E-state index is 11.5. The quantitative estimate of drug-likeness (QED) is 0.664. The van der Waals surface area contributed by atoms with Crippen LogP contribution in [0.5, 0.6) is 0 Å². The first-order chi connectivity index (χ1) is 7.82. The molecular formula is C10H8Cl3NO3. The van der Waals surface area contributed by atoms with E-state index in [0.717, 1.165) is 0 Å². The molecule has 2 N–H and O–H groups in total. The molecule has 1 rings (SSSR count). The zero-order valence-corrected chi connectivity index (χ0v) is 10.9. The minimum absolute atomic E-state index is 0.185. The molecule has 1 atom stereocenters. The van der Waals surface area contributed by atoms with E-state index in [0.29, 0.717) is 0 Å². The number of carbonyl (C=O) groups is 2. The molecule has 17 heavy (non-hydrogen) atoms. The molecule has 0 aliphatic rings. The van der Waals surface area contributed by atoms with Crippen molar-refractivity contribution in [2.24, 2.45) is 5.92 Å². The molecule has 92 valence electrons. The Kier molecular flexibility index (Phi) is 4.62. The lowest BCUT2D eigenvalue weighted by molar-refractivity contribution is -0.144. The molecule has 0 fully saturated rings. The van der Waals surface area contributed by atoms with Crippen molar-refractivity contribution in [3.8, 4) is 0 Å².